The predicted octanol–water partition coefficient (Wildman–Crippen LogP) is 5.30. The molecule has 35 heavy (non-hydrogen) atoms. The van der Waals surface area contributed by atoms with Gasteiger partial charge in [-0.15, -0.1) is 5.10 Å². The smallest absolute Gasteiger partial charge is 0.304 e. The van der Waals surface area contributed by atoms with Crippen LogP contribution < -0.4 is 11.1 Å². The minimum atomic E-state index is -0.831. The molecule has 4 rings (SSSR count). The number of carbonyl (C=O) groups is 1. The number of hydrogen-bond donors (Lipinski definition) is 3. The Kier molecular flexibility index (Phi) is 7.73. The largest absolute Gasteiger partial charge is 0.481 e. The zero-order valence-electron chi connectivity index (χ0n) is 21.1. The summed E-state index contributed by atoms with van der Waals surface area (Å²) < 4.78 is 2.07. The van der Waals surface area contributed by atoms with Crippen molar-refractivity contribution in [2.24, 2.45) is 5.92 Å². The van der Waals surface area contributed by atoms with Crippen LogP contribution in [-0.2, 0) is 17.8 Å². The van der Waals surface area contributed by atoms with E-state index in [1.54, 1.807) is 0 Å². The average molecular weight is 476 g/mol. The van der Waals surface area contributed by atoms with Gasteiger partial charge in [0.2, 0.25) is 0 Å². The number of nitrogen functional groups attached to an aromatic ring is 1. The second-order valence-electron chi connectivity index (χ2n) is 9.92. The van der Waals surface area contributed by atoms with Gasteiger partial charge in [0, 0.05) is 25.9 Å². The lowest BCUT2D eigenvalue weighted by Crippen LogP contribution is -2.17. The molecule has 7 heteroatoms. The number of nitrogens with one attached hydrogen (secondary N) is 1. The third-order valence-electron chi connectivity index (χ3n) is 7.58. The molecule has 2 aromatic carbocycles. The average Bonchev–Trinajstić information content (AvgIpc) is 3.28. The van der Waals surface area contributed by atoms with Gasteiger partial charge in [0.05, 0.1) is 29.7 Å². The minimum absolute atomic E-state index is 0.00283. The highest BCUT2D eigenvalue weighted by atomic mass is 16.4. The lowest BCUT2D eigenvalue weighted by atomic mass is 9.83. The van der Waals surface area contributed by atoms with Crippen molar-refractivity contribution >= 4 is 17.3 Å². The first-order valence-electron chi connectivity index (χ1n) is 12.6. The Morgan fingerprint density at radius 2 is 1.97 bits per heavy atom. The van der Waals surface area contributed by atoms with Gasteiger partial charge in [0.25, 0.3) is 0 Å². The van der Waals surface area contributed by atoms with Gasteiger partial charge >= 0.3 is 5.97 Å². The molecule has 0 saturated heterocycles. The molecule has 1 saturated carbocycles. The normalized spacial score (nSPS) is 15.2. The van der Waals surface area contributed by atoms with Crippen LogP contribution in [0.2, 0.25) is 0 Å². The van der Waals surface area contributed by atoms with E-state index in [1.807, 2.05) is 38.4 Å². The molecule has 1 aliphatic carbocycles. The summed E-state index contributed by atoms with van der Waals surface area (Å²) in [5, 5.41) is 21.4. The highest BCUT2D eigenvalue weighted by molar-refractivity contribution is 5.74. The van der Waals surface area contributed by atoms with Gasteiger partial charge in [0.15, 0.2) is 0 Å². The van der Waals surface area contributed by atoms with E-state index in [1.165, 1.54) is 43.2 Å². The van der Waals surface area contributed by atoms with E-state index in [4.69, 9.17) is 5.73 Å². The summed E-state index contributed by atoms with van der Waals surface area (Å²) in [5.41, 5.74) is 14.2. The van der Waals surface area contributed by atoms with Crippen molar-refractivity contribution in [1.29, 1.82) is 0 Å². The Hall–Kier alpha value is -3.35. The highest BCUT2D eigenvalue weighted by Gasteiger charge is 2.23. The predicted molar refractivity (Wildman–Crippen MR) is 140 cm³/mol. The molecule has 0 amide bonds. The standard InChI is InChI=1S/C28H37N5O2/c1-18-9-10-21(25(15-27(34)35)24-11-12-26(30-3)28(29)19(24)2)13-22(18)14-23-16-31-32-33(23)17-20-7-5-4-6-8-20/h9-13,16,20,25,30H,4-8,14-15,17,29H2,1-3H3,(H,34,35). The second-order valence-corrected chi connectivity index (χ2v) is 9.92. The van der Waals surface area contributed by atoms with Crippen LogP contribution in [0.3, 0.4) is 0 Å². The maximum atomic E-state index is 11.9. The fraction of sp³-hybridized carbons (Fsp3) is 0.464. The number of carboxylic acid groups (broad SMARTS) is 1. The number of aliphatic carboxylic acids is 1. The van der Waals surface area contributed by atoms with E-state index in [2.05, 4.69) is 39.4 Å². The van der Waals surface area contributed by atoms with Gasteiger partial charge in [-0.25, -0.2) is 4.68 Å². The van der Waals surface area contributed by atoms with E-state index in [9.17, 15) is 9.90 Å². The molecule has 1 atom stereocenters. The fourth-order valence-electron chi connectivity index (χ4n) is 5.40. The Labute approximate surface area is 207 Å². The Bertz CT molecular complexity index is 1180. The quantitative estimate of drug-likeness (QED) is 0.363. The molecule has 1 aliphatic rings. The lowest BCUT2D eigenvalue weighted by molar-refractivity contribution is -0.137. The maximum absolute atomic E-state index is 11.9. The first-order valence-corrected chi connectivity index (χ1v) is 12.6. The van der Waals surface area contributed by atoms with Crippen LogP contribution >= 0.6 is 0 Å². The molecule has 0 aliphatic heterocycles. The molecular weight excluding hydrogens is 438 g/mol. The van der Waals surface area contributed by atoms with Gasteiger partial charge in [-0.05, 0) is 66.5 Å². The first kappa shape index (κ1) is 24.8. The van der Waals surface area contributed by atoms with Crippen molar-refractivity contribution < 1.29 is 9.90 Å². The molecule has 1 heterocycles. The van der Waals surface area contributed by atoms with Crippen LogP contribution in [0.1, 0.15) is 78.0 Å². The van der Waals surface area contributed by atoms with Crippen LogP contribution in [0.4, 0.5) is 11.4 Å². The summed E-state index contributed by atoms with van der Waals surface area (Å²) in [6.45, 7) is 4.99. The molecule has 186 valence electrons. The SMILES string of the molecule is CNc1ccc(C(CC(=O)O)c2ccc(C)c(Cc3cnnn3CC3CCCCC3)c2)c(C)c1N. The van der Waals surface area contributed by atoms with Crippen molar-refractivity contribution in [3.8, 4) is 0 Å². The third kappa shape index (κ3) is 5.66. The van der Waals surface area contributed by atoms with E-state index in [-0.39, 0.29) is 12.3 Å². The number of carboxylic acids is 1. The van der Waals surface area contributed by atoms with Crippen LogP contribution in [0.25, 0.3) is 0 Å². The van der Waals surface area contributed by atoms with Gasteiger partial charge < -0.3 is 16.2 Å². The van der Waals surface area contributed by atoms with Crippen molar-refractivity contribution in [3.63, 3.8) is 0 Å². The number of rotatable bonds is 9. The number of nitrogens with zero attached hydrogens (tertiary/aromatic N) is 3. The van der Waals surface area contributed by atoms with E-state index < -0.39 is 5.97 Å². The van der Waals surface area contributed by atoms with Gasteiger partial charge in [-0.3, -0.25) is 4.79 Å². The minimum Gasteiger partial charge on any atom is -0.481 e. The zero-order valence-corrected chi connectivity index (χ0v) is 21.1. The van der Waals surface area contributed by atoms with Crippen LogP contribution in [0.15, 0.2) is 36.5 Å². The number of nitrogens with two attached hydrogens (primary N) is 1. The summed E-state index contributed by atoms with van der Waals surface area (Å²) in [7, 11) is 1.83. The topological polar surface area (TPSA) is 106 Å². The molecule has 0 radical (unpaired) electrons. The summed E-state index contributed by atoms with van der Waals surface area (Å²) in [4.78, 5) is 11.9. The van der Waals surface area contributed by atoms with Crippen molar-refractivity contribution in [2.45, 2.75) is 71.3 Å². The van der Waals surface area contributed by atoms with Gasteiger partial charge in [-0.1, -0.05) is 48.7 Å². The van der Waals surface area contributed by atoms with Crippen molar-refractivity contribution in [2.75, 3.05) is 18.1 Å². The molecule has 1 unspecified atom stereocenters. The molecule has 1 aromatic heterocycles. The molecule has 0 bridgehead atoms. The van der Waals surface area contributed by atoms with Crippen molar-refractivity contribution in [3.05, 3.63) is 70.0 Å². The van der Waals surface area contributed by atoms with Crippen molar-refractivity contribution in [1.82, 2.24) is 15.0 Å². The maximum Gasteiger partial charge on any atom is 0.304 e. The number of hydrogen-bond acceptors (Lipinski definition) is 5. The second kappa shape index (κ2) is 10.9. The van der Waals surface area contributed by atoms with E-state index >= 15 is 0 Å². The van der Waals surface area contributed by atoms with Crippen LogP contribution in [0.5, 0.6) is 0 Å². The third-order valence-corrected chi connectivity index (χ3v) is 7.58. The Morgan fingerprint density at radius 1 is 1.20 bits per heavy atom. The van der Waals surface area contributed by atoms with Gasteiger partial charge in [-0.2, -0.15) is 0 Å². The molecule has 4 N–H and O–H groups in total. The number of aryl methyl sites for hydroxylation is 1. The number of benzene rings is 2. The molecule has 1 fully saturated rings. The molecule has 0 spiro atoms. The summed E-state index contributed by atoms with van der Waals surface area (Å²) in [6, 6.07) is 10.2. The molecule has 7 nitrogen and oxygen atoms in total. The van der Waals surface area contributed by atoms with Crippen LogP contribution in [0, 0.1) is 19.8 Å². The zero-order chi connectivity index (χ0) is 24.9. The summed E-state index contributed by atoms with van der Waals surface area (Å²) in [5.74, 6) is -0.446. The summed E-state index contributed by atoms with van der Waals surface area (Å²) >= 11 is 0. The van der Waals surface area contributed by atoms with Crippen LogP contribution in [-0.4, -0.2) is 33.1 Å². The first-order chi connectivity index (χ1) is 16.9. The highest BCUT2D eigenvalue weighted by Crippen LogP contribution is 2.36. The Balaban J connectivity index is 1.64. The lowest BCUT2D eigenvalue weighted by Gasteiger charge is -2.23. The number of aromatic nitrogens is 3. The van der Waals surface area contributed by atoms with E-state index in [0.717, 1.165) is 41.0 Å². The fourth-order valence-corrected chi connectivity index (χ4v) is 5.40. The van der Waals surface area contributed by atoms with Gasteiger partial charge in [0.1, 0.15) is 0 Å². The number of anilines is 2. The van der Waals surface area contributed by atoms with E-state index in [0.29, 0.717) is 11.6 Å². The molecular formula is C28H37N5O2. The monoisotopic (exact) mass is 475 g/mol. The molecule has 3 aromatic rings. The summed E-state index contributed by atoms with van der Waals surface area (Å²) in [6.07, 6.45) is 9.07. The Morgan fingerprint density at radius 3 is 2.69 bits per heavy atom.